The van der Waals surface area contributed by atoms with Gasteiger partial charge in [-0.05, 0) is 37.5 Å². The molecule has 19 heteroatoms. The van der Waals surface area contributed by atoms with Crippen molar-refractivity contribution in [3.05, 3.63) is 0 Å². The number of phosphoric ester groups is 2. The maximum absolute atomic E-state index is 13.1. The van der Waals surface area contributed by atoms with Crippen LogP contribution in [0.25, 0.3) is 0 Å². The monoisotopic (exact) mass is 1340 g/mol. The van der Waals surface area contributed by atoms with Gasteiger partial charge in [-0.1, -0.05) is 318 Å². The summed E-state index contributed by atoms with van der Waals surface area (Å²) in [4.78, 5) is 72.3. The lowest BCUT2D eigenvalue weighted by atomic mass is 9.99. The molecule has 0 saturated carbocycles. The van der Waals surface area contributed by atoms with Crippen molar-refractivity contribution in [1.82, 2.24) is 0 Å². The topological polar surface area (TPSA) is 237 Å². The largest absolute Gasteiger partial charge is 0.472 e. The molecule has 0 aromatic heterocycles. The van der Waals surface area contributed by atoms with Crippen molar-refractivity contribution in [2.45, 2.75) is 387 Å². The molecule has 0 bridgehead atoms. The fraction of sp³-hybridized carbons (Fsp3) is 0.944. The lowest BCUT2D eigenvalue weighted by Crippen LogP contribution is -2.30. The third-order valence-corrected chi connectivity index (χ3v) is 19.0. The maximum atomic E-state index is 13.1. The summed E-state index contributed by atoms with van der Waals surface area (Å²) in [5.41, 5.74) is 0. The van der Waals surface area contributed by atoms with Crippen LogP contribution in [0.3, 0.4) is 0 Å². The van der Waals surface area contributed by atoms with E-state index in [-0.39, 0.29) is 25.7 Å². The molecule has 0 heterocycles. The van der Waals surface area contributed by atoms with Gasteiger partial charge in [-0.15, -0.1) is 0 Å². The van der Waals surface area contributed by atoms with Crippen molar-refractivity contribution < 1.29 is 80.2 Å². The summed E-state index contributed by atoms with van der Waals surface area (Å²) in [6, 6.07) is 0. The Hall–Kier alpha value is -1.94. The SMILES string of the molecule is CCCCCCCCCCCCC(=O)O[C@H](COC(=O)CCCCCCC)COP(=O)(O)OC[C@H](O)COP(=O)(O)OC[C@@H](COC(=O)CCCCCCCCCCCCCC(C)C)OC(=O)CCCCCCCCCCCCCCCCCCCCC(C)CC. The Balaban J connectivity index is 5.10. The van der Waals surface area contributed by atoms with Crippen molar-refractivity contribution >= 4 is 39.5 Å². The van der Waals surface area contributed by atoms with Crippen LogP contribution >= 0.6 is 15.6 Å². The lowest BCUT2D eigenvalue weighted by Gasteiger charge is -2.21. The molecule has 0 spiro atoms. The van der Waals surface area contributed by atoms with E-state index in [0.29, 0.717) is 25.7 Å². The molecule has 0 radical (unpaired) electrons. The van der Waals surface area contributed by atoms with E-state index in [4.69, 9.17) is 37.0 Å². The lowest BCUT2D eigenvalue weighted by molar-refractivity contribution is -0.161. The number of carbonyl (C=O) groups excluding carboxylic acids is 4. The first kappa shape index (κ1) is 89.1. The van der Waals surface area contributed by atoms with E-state index < -0.39 is 97.5 Å². The van der Waals surface area contributed by atoms with Crippen LogP contribution in [0.5, 0.6) is 0 Å². The standard InChI is InChI=1S/C72H140O17P2/c1-7-10-12-14-15-16-32-38-44-50-56-71(76)88-67(60-82-69(74)54-48-40-13-11-8-2)62-86-90(78,79)84-58-66(73)59-85-91(80,81)87-63-68(61-83-70(75)55-49-43-37-33-29-25-26-30-35-41-46-52-64(4)5)89-72(77)57-51-45-39-34-28-24-22-20-18-17-19-21-23-27-31-36-42-47-53-65(6)9-3/h64-68,73H,7-63H2,1-6H3,(H,78,79)(H,80,81)/t65?,66-,67+,68+/m0/s1. The zero-order valence-corrected chi connectivity index (χ0v) is 60.9. The maximum Gasteiger partial charge on any atom is 0.472 e. The molecule has 0 aliphatic carbocycles. The summed E-state index contributed by atoms with van der Waals surface area (Å²) in [7, 11) is -9.89. The van der Waals surface area contributed by atoms with Crippen LogP contribution in [0.4, 0.5) is 0 Å². The van der Waals surface area contributed by atoms with Gasteiger partial charge in [-0.3, -0.25) is 37.3 Å². The molecular formula is C72H140O17P2. The smallest absolute Gasteiger partial charge is 0.462 e. The molecule has 0 fully saturated rings. The van der Waals surface area contributed by atoms with Crippen molar-refractivity contribution in [2.24, 2.45) is 11.8 Å². The van der Waals surface area contributed by atoms with Gasteiger partial charge in [0.05, 0.1) is 26.4 Å². The molecule has 6 atom stereocenters. The van der Waals surface area contributed by atoms with Crippen LogP contribution < -0.4 is 0 Å². The van der Waals surface area contributed by atoms with Crippen LogP contribution in [0.2, 0.25) is 0 Å². The molecule has 3 unspecified atom stereocenters. The number of aliphatic hydroxyl groups is 1. The first-order chi connectivity index (χ1) is 43.9. The van der Waals surface area contributed by atoms with E-state index in [1.54, 1.807) is 0 Å². The minimum absolute atomic E-state index is 0.105. The van der Waals surface area contributed by atoms with Crippen molar-refractivity contribution in [1.29, 1.82) is 0 Å². The normalized spacial score (nSPS) is 14.4. The molecule has 0 rings (SSSR count). The average Bonchev–Trinajstić information content (AvgIpc) is 3.33. The highest BCUT2D eigenvalue weighted by molar-refractivity contribution is 7.47. The molecule has 0 saturated heterocycles. The number of unbranched alkanes of at least 4 members (excludes halogenated alkanes) is 40. The van der Waals surface area contributed by atoms with Gasteiger partial charge in [-0.25, -0.2) is 9.13 Å². The van der Waals surface area contributed by atoms with Gasteiger partial charge in [0, 0.05) is 25.7 Å². The van der Waals surface area contributed by atoms with Gasteiger partial charge in [-0.2, -0.15) is 0 Å². The molecule has 3 N–H and O–H groups in total. The van der Waals surface area contributed by atoms with Gasteiger partial charge in [0.15, 0.2) is 12.2 Å². The molecule has 91 heavy (non-hydrogen) atoms. The number of esters is 4. The summed E-state index contributed by atoms with van der Waals surface area (Å²) in [5, 5.41) is 10.6. The minimum Gasteiger partial charge on any atom is -0.462 e. The molecule has 0 aliphatic rings. The molecule has 0 amide bonds. The predicted octanol–water partition coefficient (Wildman–Crippen LogP) is 20.8. The molecule has 0 aliphatic heterocycles. The van der Waals surface area contributed by atoms with E-state index >= 15 is 0 Å². The van der Waals surface area contributed by atoms with E-state index in [1.807, 2.05) is 0 Å². The first-order valence-electron chi connectivity index (χ1n) is 37.5. The van der Waals surface area contributed by atoms with Gasteiger partial charge in [0.25, 0.3) is 0 Å². The van der Waals surface area contributed by atoms with Crippen molar-refractivity contribution in [3.8, 4) is 0 Å². The molecule has 0 aromatic rings. The quantitative estimate of drug-likeness (QED) is 0.0222. The zero-order chi connectivity index (χ0) is 67.2. The average molecular weight is 1340 g/mol. The van der Waals surface area contributed by atoms with Crippen LogP contribution in [0.15, 0.2) is 0 Å². The highest BCUT2D eigenvalue weighted by Gasteiger charge is 2.30. The van der Waals surface area contributed by atoms with Crippen LogP contribution in [-0.4, -0.2) is 96.7 Å². The Bertz CT molecular complexity index is 1770. The third kappa shape index (κ3) is 65.1. The van der Waals surface area contributed by atoms with Gasteiger partial charge >= 0.3 is 39.5 Å². The molecule has 540 valence electrons. The Labute approximate surface area is 556 Å². The summed E-state index contributed by atoms with van der Waals surface area (Å²) < 4.78 is 68.1. The predicted molar refractivity (Wildman–Crippen MR) is 368 cm³/mol. The second-order valence-corrected chi connectivity index (χ2v) is 29.6. The van der Waals surface area contributed by atoms with Gasteiger partial charge in [0.2, 0.25) is 0 Å². The van der Waals surface area contributed by atoms with E-state index in [2.05, 4.69) is 41.5 Å². The number of aliphatic hydroxyl groups excluding tert-OH is 1. The summed E-state index contributed by atoms with van der Waals surface area (Å²) in [5.74, 6) is -0.492. The second kappa shape index (κ2) is 64.1. The van der Waals surface area contributed by atoms with E-state index in [0.717, 1.165) is 108 Å². The second-order valence-electron chi connectivity index (χ2n) is 26.7. The first-order valence-corrected chi connectivity index (χ1v) is 40.5. The number of ether oxygens (including phenoxy) is 4. The number of hydrogen-bond acceptors (Lipinski definition) is 15. The molecular weight excluding hydrogens is 1200 g/mol. The van der Waals surface area contributed by atoms with E-state index in [1.165, 1.54) is 180 Å². The third-order valence-electron chi connectivity index (χ3n) is 17.1. The fourth-order valence-corrected chi connectivity index (χ4v) is 12.5. The highest BCUT2D eigenvalue weighted by Crippen LogP contribution is 2.45. The minimum atomic E-state index is -4.95. The van der Waals surface area contributed by atoms with Crippen LogP contribution in [0.1, 0.15) is 369 Å². The van der Waals surface area contributed by atoms with Crippen LogP contribution in [0, 0.1) is 11.8 Å². The Kier molecular flexibility index (Phi) is 62.7. The Morgan fingerprint density at radius 1 is 0.319 bits per heavy atom. The highest BCUT2D eigenvalue weighted by atomic mass is 31.2. The Morgan fingerprint density at radius 3 is 0.835 bits per heavy atom. The summed E-state index contributed by atoms with van der Waals surface area (Å²) in [6.45, 7) is 9.53. The summed E-state index contributed by atoms with van der Waals surface area (Å²) >= 11 is 0. The van der Waals surface area contributed by atoms with E-state index in [9.17, 15) is 43.2 Å². The van der Waals surface area contributed by atoms with Crippen molar-refractivity contribution in [3.63, 3.8) is 0 Å². The number of phosphoric acid groups is 2. The number of hydrogen-bond donors (Lipinski definition) is 3. The molecule has 0 aromatic carbocycles. The van der Waals surface area contributed by atoms with Crippen molar-refractivity contribution in [2.75, 3.05) is 39.6 Å². The Morgan fingerprint density at radius 2 is 0.560 bits per heavy atom. The fourth-order valence-electron chi connectivity index (χ4n) is 10.9. The van der Waals surface area contributed by atoms with Gasteiger partial charge < -0.3 is 33.8 Å². The van der Waals surface area contributed by atoms with Gasteiger partial charge in [0.1, 0.15) is 19.3 Å². The summed E-state index contributed by atoms with van der Waals surface area (Å²) in [6.07, 6.45) is 50.4. The zero-order valence-electron chi connectivity index (χ0n) is 59.1. The molecule has 17 nitrogen and oxygen atoms in total. The number of carbonyl (C=O) groups is 4. The number of rotatable bonds is 71. The van der Waals surface area contributed by atoms with Crippen LogP contribution in [-0.2, 0) is 65.4 Å².